The standard InChI is InChI=1S/C19H29NO2.C14H21N.C13H23NO2.C12H21NO3.6C2H6/c1-19(2,3)22-18(21)20-14-8-13-17(15-20)12-7-11-16-9-5-4-6-10-16;1-2-6-13(7-3-1)8-4-9-14-10-5-11-15-12-14;1-5-7-11-8-6-9-14(10-11)12(15)16-13(2,3)4;1-12(2,3)16-11(15)13-7-4-5-10(9-13)6-8-14;6*1-2/h4-6,9-10,17H,7-8,11-15H2,1-3H3;1-3,6-7,14-15H,4-5,8-12H2;5,11H,1,6-10H2,2-4H3;8,10H,4-7,9H2,1-3H3;6*1-2H3. The molecule has 0 saturated carbocycles. The third kappa shape index (κ3) is 45.8. The van der Waals surface area contributed by atoms with Crippen LogP contribution in [0.1, 0.15) is 246 Å². The van der Waals surface area contributed by atoms with Crippen LogP contribution in [0.5, 0.6) is 0 Å². The van der Waals surface area contributed by atoms with E-state index in [1.54, 1.807) is 4.90 Å². The maximum Gasteiger partial charge on any atom is 0.410 e. The molecule has 4 aliphatic rings. The molecule has 4 unspecified atom stereocenters. The Morgan fingerprint density at radius 1 is 0.494 bits per heavy atom. The monoisotopic (exact) mass is 1140 g/mol. The normalized spacial score (nSPS) is 18.2. The topological polar surface area (TPSA) is 118 Å². The van der Waals surface area contributed by atoms with Crippen molar-refractivity contribution < 1.29 is 33.4 Å². The van der Waals surface area contributed by atoms with Crippen LogP contribution in [0.4, 0.5) is 14.4 Å². The molecule has 4 aliphatic heterocycles. The average molecular weight is 1140 g/mol. The summed E-state index contributed by atoms with van der Waals surface area (Å²) in [6, 6.07) is 21.5. The fourth-order valence-electron chi connectivity index (χ4n) is 9.31. The summed E-state index contributed by atoms with van der Waals surface area (Å²) in [7, 11) is 0. The van der Waals surface area contributed by atoms with Crippen LogP contribution >= 0.6 is 0 Å². The van der Waals surface area contributed by atoms with Crippen LogP contribution in [0.15, 0.2) is 73.3 Å². The third-order valence-corrected chi connectivity index (χ3v) is 12.7. The predicted molar refractivity (Wildman–Crippen MR) is 350 cm³/mol. The van der Waals surface area contributed by atoms with Crippen molar-refractivity contribution in [2.45, 2.75) is 265 Å². The number of nitrogens with one attached hydrogen (secondary N) is 1. The molecule has 11 nitrogen and oxygen atoms in total. The molecule has 0 radical (unpaired) electrons. The number of likely N-dealkylation sites (tertiary alicyclic amines) is 3. The highest BCUT2D eigenvalue weighted by atomic mass is 16.6. The van der Waals surface area contributed by atoms with E-state index in [0.717, 1.165) is 83.5 Å². The molecule has 4 fully saturated rings. The predicted octanol–water partition coefficient (Wildman–Crippen LogP) is 19.3. The number of rotatable bonds is 12. The fraction of sp³-hybridized carbons (Fsp3) is 0.743. The lowest BCUT2D eigenvalue weighted by atomic mass is 9.92. The van der Waals surface area contributed by atoms with Gasteiger partial charge in [0.15, 0.2) is 0 Å². The Morgan fingerprint density at radius 3 is 1.14 bits per heavy atom. The Kier molecular flexibility index (Phi) is 53.8. The van der Waals surface area contributed by atoms with E-state index in [1.807, 2.05) is 161 Å². The second-order valence-corrected chi connectivity index (χ2v) is 22.7. The average Bonchev–Trinajstić information content (AvgIpc) is 3.47. The Bertz CT molecular complexity index is 1700. The van der Waals surface area contributed by atoms with Crippen LogP contribution in [-0.4, -0.2) is 108 Å². The minimum absolute atomic E-state index is 0.153. The third-order valence-electron chi connectivity index (χ3n) is 12.7. The summed E-state index contributed by atoms with van der Waals surface area (Å²) in [5.74, 6) is 2.41. The molecule has 0 spiro atoms. The minimum atomic E-state index is -0.450. The van der Waals surface area contributed by atoms with Crippen molar-refractivity contribution in [3.63, 3.8) is 0 Å². The number of hydrogen-bond acceptors (Lipinski definition) is 8. The molecule has 1 N–H and O–H groups in total. The van der Waals surface area contributed by atoms with E-state index < -0.39 is 16.8 Å². The van der Waals surface area contributed by atoms with Crippen LogP contribution in [0, 0.1) is 23.7 Å². The second kappa shape index (κ2) is 52.4. The molecule has 2 aromatic carbocycles. The molecule has 11 heteroatoms. The Hall–Kier alpha value is -4.38. The van der Waals surface area contributed by atoms with Gasteiger partial charge in [-0.05, 0) is 207 Å². The maximum atomic E-state index is 12.2. The van der Waals surface area contributed by atoms with Crippen LogP contribution in [0.2, 0.25) is 0 Å². The summed E-state index contributed by atoms with van der Waals surface area (Å²) in [5.41, 5.74) is 1.64. The lowest BCUT2D eigenvalue weighted by molar-refractivity contribution is -0.109. The summed E-state index contributed by atoms with van der Waals surface area (Å²) < 4.78 is 16.2. The zero-order valence-corrected chi connectivity index (χ0v) is 56.6. The van der Waals surface area contributed by atoms with Crippen molar-refractivity contribution in [2.75, 3.05) is 52.4 Å². The van der Waals surface area contributed by atoms with Gasteiger partial charge >= 0.3 is 18.3 Å². The zero-order chi connectivity index (χ0) is 62.7. The minimum Gasteiger partial charge on any atom is -0.444 e. The van der Waals surface area contributed by atoms with Crippen molar-refractivity contribution in [3.8, 4) is 0 Å². The van der Waals surface area contributed by atoms with Gasteiger partial charge in [0, 0.05) is 45.7 Å². The fourth-order valence-corrected chi connectivity index (χ4v) is 9.31. The van der Waals surface area contributed by atoms with Crippen LogP contribution in [-0.2, 0) is 31.8 Å². The van der Waals surface area contributed by atoms with Crippen molar-refractivity contribution in [2.24, 2.45) is 23.7 Å². The van der Waals surface area contributed by atoms with Gasteiger partial charge in [0.25, 0.3) is 0 Å². The summed E-state index contributed by atoms with van der Waals surface area (Å²) in [5, 5.41) is 3.48. The van der Waals surface area contributed by atoms with Gasteiger partial charge in [-0.2, -0.15) is 0 Å². The van der Waals surface area contributed by atoms with E-state index >= 15 is 0 Å². The highest BCUT2D eigenvalue weighted by Gasteiger charge is 2.30. The number of aldehydes is 1. The van der Waals surface area contributed by atoms with Gasteiger partial charge in [-0.1, -0.05) is 150 Å². The number of hydrogen-bond donors (Lipinski definition) is 1. The molecule has 0 aromatic heterocycles. The van der Waals surface area contributed by atoms with Gasteiger partial charge in [-0.3, -0.25) is 0 Å². The molecule has 4 atom stereocenters. The lowest BCUT2D eigenvalue weighted by Gasteiger charge is -2.34. The quantitative estimate of drug-likeness (QED) is 0.127. The summed E-state index contributed by atoms with van der Waals surface area (Å²) in [6.45, 7) is 52.0. The van der Waals surface area contributed by atoms with E-state index in [4.69, 9.17) is 14.2 Å². The second-order valence-electron chi connectivity index (χ2n) is 22.7. The Labute approximate surface area is 501 Å². The Balaban J connectivity index is -0.000000462. The molecular weight excluding hydrogens is 1010 g/mol. The molecule has 0 aliphatic carbocycles. The van der Waals surface area contributed by atoms with E-state index in [-0.39, 0.29) is 18.3 Å². The molecule has 0 bridgehead atoms. The van der Waals surface area contributed by atoms with Crippen LogP contribution in [0.25, 0.3) is 0 Å². The highest BCUT2D eigenvalue weighted by Crippen LogP contribution is 2.25. The van der Waals surface area contributed by atoms with Crippen molar-refractivity contribution in [1.82, 2.24) is 20.0 Å². The lowest BCUT2D eigenvalue weighted by Crippen LogP contribution is -2.42. The molecule has 2 aromatic rings. The van der Waals surface area contributed by atoms with Gasteiger partial charge in [-0.25, -0.2) is 14.4 Å². The van der Waals surface area contributed by atoms with Crippen LogP contribution < -0.4 is 5.32 Å². The highest BCUT2D eigenvalue weighted by molar-refractivity contribution is 5.69. The number of carbonyl (C=O) groups is 4. The largest absolute Gasteiger partial charge is 0.444 e. The van der Waals surface area contributed by atoms with E-state index in [0.29, 0.717) is 30.7 Å². The maximum absolute atomic E-state index is 12.2. The first-order valence-electron chi connectivity index (χ1n) is 32.5. The van der Waals surface area contributed by atoms with E-state index in [1.165, 1.54) is 82.0 Å². The molecule has 81 heavy (non-hydrogen) atoms. The van der Waals surface area contributed by atoms with Crippen LogP contribution in [0.3, 0.4) is 0 Å². The molecule has 472 valence electrons. The molecule has 4 heterocycles. The van der Waals surface area contributed by atoms with E-state index in [2.05, 4.69) is 72.6 Å². The van der Waals surface area contributed by atoms with Gasteiger partial charge in [-0.15, -0.1) is 6.58 Å². The van der Waals surface area contributed by atoms with Gasteiger partial charge in [0.2, 0.25) is 0 Å². The van der Waals surface area contributed by atoms with E-state index in [9.17, 15) is 19.2 Å². The summed E-state index contributed by atoms with van der Waals surface area (Å²) in [4.78, 5) is 51.6. The smallest absolute Gasteiger partial charge is 0.410 e. The molecular formula is C70H130N4O7. The molecule has 6 rings (SSSR count). The first kappa shape index (κ1) is 83.1. The summed E-state index contributed by atoms with van der Waals surface area (Å²) >= 11 is 0. The summed E-state index contributed by atoms with van der Waals surface area (Å²) in [6.07, 6.45) is 20.7. The van der Waals surface area contributed by atoms with Gasteiger partial charge < -0.3 is 39.0 Å². The zero-order valence-electron chi connectivity index (χ0n) is 56.6. The van der Waals surface area contributed by atoms with Gasteiger partial charge in [0.05, 0.1) is 0 Å². The number of benzene rings is 2. The number of allylic oxidation sites excluding steroid dienone is 1. The number of ether oxygens (including phenoxy) is 3. The van der Waals surface area contributed by atoms with Crippen molar-refractivity contribution in [1.29, 1.82) is 0 Å². The SMILES string of the molecule is C=CCC1CCCN(C(=O)OC(C)(C)C)C1.CC.CC.CC.CC.CC.CC.CC(C)(C)OC(=O)N1CCCC(CC=O)C1.CC(C)(C)OC(=O)N1CCCC(CCCc2ccccc2)C1.c1ccc(CCCC2CCCNC2)cc1. The number of piperidine rings is 4. The molecule has 4 saturated heterocycles. The number of aryl methyl sites for hydroxylation is 2. The molecule has 3 amide bonds. The first-order valence-corrected chi connectivity index (χ1v) is 32.5. The van der Waals surface area contributed by atoms with Gasteiger partial charge in [0.1, 0.15) is 23.1 Å². The number of carbonyl (C=O) groups excluding carboxylic acids is 4. The number of nitrogens with zero attached hydrogens (tertiary/aromatic N) is 3. The number of amides is 3. The van der Waals surface area contributed by atoms with Crippen molar-refractivity contribution >= 4 is 24.6 Å². The first-order chi connectivity index (χ1) is 38.7. The van der Waals surface area contributed by atoms with Crippen molar-refractivity contribution in [3.05, 3.63) is 84.4 Å². The Morgan fingerprint density at radius 2 is 0.815 bits per heavy atom.